The van der Waals surface area contributed by atoms with Crippen molar-refractivity contribution in [2.45, 2.75) is 13.5 Å². The number of carbonyl (C=O) groups excluding carboxylic acids is 2. The van der Waals surface area contributed by atoms with Gasteiger partial charge in [-0.1, -0.05) is 36.7 Å². The van der Waals surface area contributed by atoms with Gasteiger partial charge in [-0.2, -0.15) is 0 Å². The third kappa shape index (κ3) is 4.87. The third-order valence-corrected chi connectivity index (χ3v) is 5.27. The van der Waals surface area contributed by atoms with Crippen LogP contribution in [0.5, 0.6) is 0 Å². The van der Waals surface area contributed by atoms with Crippen molar-refractivity contribution in [1.29, 1.82) is 0 Å². The lowest BCUT2D eigenvalue weighted by Crippen LogP contribution is -2.48. The van der Waals surface area contributed by atoms with E-state index >= 15 is 0 Å². The van der Waals surface area contributed by atoms with Gasteiger partial charge in [0.2, 0.25) is 0 Å². The maximum atomic E-state index is 12.6. The van der Waals surface area contributed by atoms with Gasteiger partial charge in [-0.25, -0.2) is 0 Å². The van der Waals surface area contributed by atoms with Crippen molar-refractivity contribution < 1.29 is 9.59 Å². The van der Waals surface area contributed by atoms with Gasteiger partial charge in [-0.05, 0) is 42.4 Å². The smallest absolute Gasteiger partial charge is 0.253 e. The van der Waals surface area contributed by atoms with Crippen LogP contribution in [0.15, 0.2) is 48.5 Å². The quantitative estimate of drug-likeness (QED) is 0.860. The number of piperazine rings is 1. The van der Waals surface area contributed by atoms with E-state index in [4.69, 9.17) is 11.6 Å². The molecule has 1 aliphatic heterocycles. The van der Waals surface area contributed by atoms with Crippen LogP contribution in [-0.2, 0) is 6.54 Å². The summed E-state index contributed by atoms with van der Waals surface area (Å²) in [6, 6.07) is 14.2. The predicted molar refractivity (Wildman–Crippen MR) is 107 cm³/mol. The number of likely N-dealkylation sites (N-methyl/N-ethyl adjacent to an activating group) is 1. The summed E-state index contributed by atoms with van der Waals surface area (Å²) in [5.74, 6) is -0.167. The predicted octanol–water partition coefficient (Wildman–Crippen LogP) is 3.05. The van der Waals surface area contributed by atoms with E-state index in [1.54, 1.807) is 30.3 Å². The highest BCUT2D eigenvalue weighted by atomic mass is 35.5. The fraction of sp³-hybridized carbons (Fsp3) is 0.333. The highest BCUT2D eigenvalue weighted by molar-refractivity contribution is 6.31. The second-order valence-corrected chi connectivity index (χ2v) is 6.99. The number of benzene rings is 2. The van der Waals surface area contributed by atoms with Gasteiger partial charge in [0, 0.05) is 48.9 Å². The van der Waals surface area contributed by atoms with Crippen LogP contribution < -0.4 is 5.32 Å². The van der Waals surface area contributed by atoms with Gasteiger partial charge in [-0.3, -0.25) is 9.59 Å². The van der Waals surface area contributed by atoms with Crippen molar-refractivity contribution in [3.05, 3.63) is 70.2 Å². The molecule has 5 nitrogen and oxygen atoms in total. The van der Waals surface area contributed by atoms with Crippen LogP contribution in [0.3, 0.4) is 0 Å². The molecule has 1 saturated heterocycles. The SMILES string of the molecule is CCN1CCN(C(=O)c2ccc(C(=O)NCc3ccccc3Cl)cc2)CC1. The first kappa shape index (κ1) is 19.4. The largest absolute Gasteiger partial charge is 0.348 e. The van der Waals surface area contributed by atoms with E-state index in [-0.39, 0.29) is 11.8 Å². The van der Waals surface area contributed by atoms with Gasteiger partial charge in [0.1, 0.15) is 0 Å². The lowest BCUT2D eigenvalue weighted by Gasteiger charge is -2.34. The Labute approximate surface area is 164 Å². The molecule has 0 radical (unpaired) electrons. The second-order valence-electron chi connectivity index (χ2n) is 6.58. The molecular weight excluding hydrogens is 362 g/mol. The zero-order valence-electron chi connectivity index (χ0n) is 15.5. The van der Waals surface area contributed by atoms with Gasteiger partial charge in [0.15, 0.2) is 0 Å². The number of nitrogens with one attached hydrogen (secondary N) is 1. The van der Waals surface area contributed by atoms with Crippen LogP contribution in [0.2, 0.25) is 5.02 Å². The third-order valence-electron chi connectivity index (χ3n) is 4.90. The molecule has 0 aliphatic carbocycles. The molecule has 2 amide bonds. The maximum Gasteiger partial charge on any atom is 0.253 e. The van der Waals surface area contributed by atoms with Gasteiger partial charge in [-0.15, -0.1) is 0 Å². The molecule has 0 bridgehead atoms. The van der Waals surface area contributed by atoms with E-state index in [1.807, 2.05) is 23.1 Å². The van der Waals surface area contributed by atoms with E-state index in [9.17, 15) is 9.59 Å². The van der Waals surface area contributed by atoms with Gasteiger partial charge < -0.3 is 15.1 Å². The molecule has 1 fully saturated rings. The number of halogens is 1. The molecule has 2 aromatic rings. The van der Waals surface area contributed by atoms with Crippen molar-refractivity contribution >= 4 is 23.4 Å². The molecule has 1 aliphatic rings. The fourth-order valence-electron chi connectivity index (χ4n) is 3.13. The number of nitrogens with zero attached hydrogens (tertiary/aromatic N) is 2. The Hall–Kier alpha value is -2.37. The summed E-state index contributed by atoms with van der Waals surface area (Å²) in [6.07, 6.45) is 0. The van der Waals surface area contributed by atoms with E-state index in [2.05, 4.69) is 17.1 Å². The molecule has 0 spiro atoms. The molecule has 27 heavy (non-hydrogen) atoms. The Balaban J connectivity index is 1.57. The zero-order chi connectivity index (χ0) is 19.2. The molecular formula is C21H24ClN3O2. The molecule has 0 unspecified atom stereocenters. The van der Waals surface area contributed by atoms with Crippen molar-refractivity contribution in [3.8, 4) is 0 Å². The van der Waals surface area contributed by atoms with E-state index < -0.39 is 0 Å². The minimum atomic E-state index is -0.189. The van der Waals surface area contributed by atoms with Crippen LogP contribution >= 0.6 is 11.6 Å². The van der Waals surface area contributed by atoms with Crippen LogP contribution in [0.25, 0.3) is 0 Å². The Morgan fingerprint density at radius 3 is 2.22 bits per heavy atom. The Morgan fingerprint density at radius 2 is 1.59 bits per heavy atom. The maximum absolute atomic E-state index is 12.6. The normalized spacial score (nSPS) is 14.8. The highest BCUT2D eigenvalue weighted by Gasteiger charge is 2.21. The highest BCUT2D eigenvalue weighted by Crippen LogP contribution is 2.15. The van der Waals surface area contributed by atoms with E-state index in [1.165, 1.54) is 0 Å². The van der Waals surface area contributed by atoms with Crippen LogP contribution in [0, 0.1) is 0 Å². The summed E-state index contributed by atoms with van der Waals surface area (Å²) < 4.78 is 0. The first-order valence-electron chi connectivity index (χ1n) is 9.21. The van der Waals surface area contributed by atoms with Crippen molar-refractivity contribution in [1.82, 2.24) is 15.1 Å². The molecule has 2 aromatic carbocycles. The fourth-order valence-corrected chi connectivity index (χ4v) is 3.34. The zero-order valence-corrected chi connectivity index (χ0v) is 16.2. The molecule has 142 valence electrons. The number of carbonyl (C=O) groups is 2. The van der Waals surface area contributed by atoms with Crippen molar-refractivity contribution in [2.24, 2.45) is 0 Å². The van der Waals surface area contributed by atoms with Crippen LogP contribution in [-0.4, -0.2) is 54.3 Å². The van der Waals surface area contributed by atoms with E-state index in [0.717, 1.165) is 38.3 Å². The van der Waals surface area contributed by atoms with Gasteiger partial charge in [0.25, 0.3) is 11.8 Å². The number of rotatable bonds is 5. The molecule has 0 atom stereocenters. The molecule has 1 N–H and O–H groups in total. The minimum absolute atomic E-state index is 0.0220. The Bertz CT molecular complexity index is 799. The Morgan fingerprint density at radius 1 is 0.963 bits per heavy atom. The minimum Gasteiger partial charge on any atom is -0.348 e. The topological polar surface area (TPSA) is 52.7 Å². The van der Waals surface area contributed by atoms with E-state index in [0.29, 0.717) is 22.7 Å². The summed E-state index contributed by atoms with van der Waals surface area (Å²) in [7, 11) is 0. The molecule has 3 rings (SSSR count). The lowest BCUT2D eigenvalue weighted by molar-refractivity contribution is 0.0643. The molecule has 6 heteroatoms. The number of amides is 2. The average Bonchev–Trinajstić information content (AvgIpc) is 2.72. The molecule has 0 aromatic heterocycles. The number of hydrogen-bond acceptors (Lipinski definition) is 3. The van der Waals surface area contributed by atoms with Gasteiger partial charge >= 0.3 is 0 Å². The van der Waals surface area contributed by atoms with Crippen LogP contribution in [0.1, 0.15) is 33.2 Å². The number of hydrogen-bond donors (Lipinski definition) is 1. The summed E-state index contributed by atoms with van der Waals surface area (Å²) in [4.78, 5) is 29.1. The van der Waals surface area contributed by atoms with Crippen LogP contribution in [0.4, 0.5) is 0 Å². The van der Waals surface area contributed by atoms with Crippen molar-refractivity contribution in [2.75, 3.05) is 32.7 Å². The second kappa shape index (κ2) is 9.02. The summed E-state index contributed by atoms with van der Waals surface area (Å²) in [5, 5.41) is 3.48. The summed E-state index contributed by atoms with van der Waals surface area (Å²) >= 11 is 6.10. The molecule has 1 heterocycles. The lowest BCUT2D eigenvalue weighted by atomic mass is 10.1. The summed E-state index contributed by atoms with van der Waals surface area (Å²) in [6.45, 7) is 6.81. The molecule has 0 saturated carbocycles. The first-order chi connectivity index (χ1) is 13.1. The Kier molecular flexibility index (Phi) is 6.48. The standard InChI is InChI=1S/C21H24ClN3O2/c1-2-24-11-13-25(14-12-24)21(27)17-9-7-16(8-10-17)20(26)23-15-18-5-3-4-6-19(18)22/h3-10H,2,11-15H2,1H3,(H,23,26). The monoisotopic (exact) mass is 385 g/mol. The average molecular weight is 386 g/mol. The first-order valence-corrected chi connectivity index (χ1v) is 9.59. The van der Waals surface area contributed by atoms with Gasteiger partial charge in [0.05, 0.1) is 0 Å². The summed E-state index contributed by atoms with van der Waals surface area (Å²) in [5.41, 5.74) is 2.00. The van der Waals surface area contributed by atoms with Crippen molar-refractivity contribution in [3.63, 3.8) is 0 Å².